The van der Waals surface area contributed by atoms with E-state index in [0.717, 1.165) is 38.3 Å². The summed E-state index contributed by atoms with van der Waals surface area (Å²) >= 11 is 0. The quantitative estimate of drug-likeness (QED) is 0.730. The molecule has 0 aliphatic heterocycles. The summed E-state index contributed by atoms with van der Waals surface area (Å²) in [6, 6.07) is 4.48. The minimum Gasteiger partial charge on any atom is -0.496 e. The third-order valence-corrected chi connectivity index (χ3v) is 3.43. The molecule has 0 heterocycles. The van der Waals surface area contributed by atoms with Gasteiger partial charge in [0.05, 0.1) is 7.11 Å². The van der Waals surface area contributed by atoms with Crippen LogP contribution in [0.1, 0.15) is 23.6 Å². The summed E-state index contributed by atoms with van der Waals surface area (Å²) in [4.78, 5) is 2.37. The van der Waals surface area contributed by atoms with Crippen LogP contribution in [0.4, 0.5) is 0 Å². The Morgan fingerprint density at radius 1 is 1.16 bits per heavy atom. The second-order valence-electron chi connectivity index (χ2n) is 5.17. The van der Waals surface area contributed by atoms with E-state index in [2.05, 4.69) is 50.2 Å². The highest BCUT2D eigenvalue weighted by atomic mass is 16.5. The first kappa shape index (κ1) is 16.0. The van der Waals surface area contributed by atoms with Gasteiger partial charge in [-0.15, -0.1) is 0 Å². The summed E-state index contributed by atoms with van der Waals surface area (Å²) in [5, 5.41) is 3.35. The smallest absolute Gasteiger partial charge is 0.124 e. The van der Waals surface area contributed by atoms with E-state index in [0.29, 0.717) is 0 Å². The molecule has 1 rings (SSSR count). The number of ether oxygens (including phenoxy) is 1. The normalized spacial score (nSPS) is 11.1. The molecule has 3 heteroatoms. The predicted molar refractivity (Wildman–Crippen MR) is 82.2 cm³/mol. The molecule has 19 heavy (non-hydrogen) atoms. The number of likely N-dealkylation sites (N-methyl/N-ethyl adjacent to an activating group) is 2. The third kappa shape index (κ3) is 5.21. The van der Waals surface area contributed by atoms with Gasteiger partial charge in [-0.3, -0.25) is 0 Å². The second-order valence-corrected chi connectivity index (χ2v) is 5.17. The zero-order valence-corrected chi connectivity index (χ0v) is 13.0. The molecule has 3 nitrogen and oxygen atoms in total. The van der Waals surface area contributed by atoms with E-state index in [1.165, 1.54) is 16.7 Å². The van der Waals surface area contributed by atoms with Gasteiger partial charge in [0.1, 0.15) is 5.75 Å². The van der Waals surface area contributed by atoms with Gasteiger partial charge in [0.25, 0.3) is 0 Å². The first-order valence-corrected chi connectivity index (χ1v) is 7.11. The zero-order chi connectivity index (χ0) is 14.3. The number of methoxy groups -OCH3 is 1. The van der Waals surface area contributed by atoms with Crippen molar-refractivity contribution >= 4 is 0 Å². The van der Waals surface area contributed by atoms with Gasteiger partial charge in [-0.2, -0.15) is 0 Å². The molecule has 0 amide bonds. The SMILES string of the molecule is CCNCCN(C)CCc1cc(C)c(OC)c(C)c1. The number of aryl methyl sites for hydroxylation is 2. The molecule has 0 atom stereocenters. The van der Waals surface area contributed by atoms with Crippen molar-refractivity contribution in [2.75, 3.05) is 40.3 Å². The molecule has 0 radical (unpaired) electrons. The molecule has 1 aromatic rings. The average molecular weight is 264 g/mol. The number of hydrogen-bond donors (Lipinski definition) is 1. The topological polar surface area (TPSA) is 24.5 Å². The molecule has 0 aliphatic carbocycles. The maximum Gasteiger partial charge on any atom is 0.124 e. The van der Waals surface area contributed by atoms with Gasteiger partial charge in [-0.1, -0.05) is 19.1 Å². The summed E-state index contributed by atoms with van der Waals surface area (Å²) in [6.07, 6.45) is 1.09. The van der Waals surface area contributed by atoms with Crippen molar-refractivity contribution in [3.05, 3.63) is 28.8 Å². The van der Waals surface area contributed by atoms with E-state index in [-0.39, 0.29) is 0 Å². The van der Waals surface area contributed by atoms with Gasteiger partial charge in [0, 0.05) is 19.6 Å². The van der Waals surface area contributed by atoms with Crippen molar-refractivity contribution < 1.29 is 4.74 Å². The Hall–Kier alpha value is -1.06. The predicted octanol–water partition coefficient (Wildman–Crippen LogP) is 2.40. The van der Waals surface area contributed by atoms with E-state index >= 15 is 0 Å². The molecule has 1 N–H and O–H groups in total. The lowest BCUT2D eigenvalue weighted by molar-refractivity contribution is 0.337. The molecular formula is C16H28N2O. The van der Waals surface area contributed by atoms with E-state index in [1.54, 1.807) is 7.11 Å². The van der Waals surface area contributed by atoms with Gasteiger partial charge >= 0.3 is 0 Å². The third-order valence-electron chi connectivity index (χ3n) is 3.43. The van der Waals surface area contributed by atoms with E-state index in [9.17, 15) is 0 Å². The Bertz CT molecular complexity index is 367. The van der Waals surface area contributed by atoms with Crippen molar-refractivity contribution in [2.45, 2.75) is 27.2 Å². The lowest BCUT2D eigenvalue weighted by Crippen LogP contribution is -2.30. The monoisotopic (exact) mass is 264 g/mol. The molecule has 0 saturated heterocycles. The lowest BCUT2D eigenvalue weighted by atomic mass is 10.0. The van der Waals surface area contributed by atoms with Crippen LogP contribution in [0.3, 0.4) is 0 Å². The molecule has 0 unspecified atom stereocenters. The first-order valence-electron chi connectivity index (χ1n) is 7.11. The molecule has 0 spiro atoms. The summed E-state index contributed by atoms with van der Waals surface area (Å²) in [7, 11) is 3.92. The van der Waals surface area contributed by atoms with Gasteiger partial charge in [-0.25, -0.2) is 0 Å². The van der Waals surface area contributed by atoms with Crippen LogP contribution in [0.15, 0.2) is 12.1 Å². The van der Waals surface area contributed by atoms with Crippen molar-refractivity contribution in [1.29, 1.82) is 0 Å². The van der Waals surface area contributed by atoms with Crippen molar-refractivity contribution in [2.24, 2.45) is 0 Å². The number of benzene rings is 1. The number of rotatable bonds is 8. The minimum atomic E-state index is 1.02. The van der Waals surface area contributed by atoms with Gasteiger partial charge in [0.15, 0.2) is 0 Å². The zero-order valence-electron chi connectivity index (χ0n) is 13.0. The highest BCUT2D eigenvalue weighted by Gasteiger charge is 2.06. The van der Waals surface area contributed by atoms with Crippen LogP contribution < -0.4 is 10.1 Å². The summed E-state index contributed by atoms with van der Waals surface area (Å²) in [5.74, 6) is 1.02. The van der Waals surface area contributed by atoms with Crippen molar-refractivity contribution in [3.63, 3.8) is 0 Å². The summed E-state index contributed by atoms with van der Waals surface area (Å²) in [5.41, 5.74) is 3.85. The van der Waals surface area contributed by atoms with Crippen LogP contribution in [0, 0.1) is 13.8 Å². The second kappa shape index (κ2) is 8.18. The lowest BCUT2D eigenvalue weighted by Gasteiger charge is -2.17. The van der Waals surface area contributed by atoms with Gasteiger partial charge in [0.2, 0.25) is 0 Å². The van der Waals surface area contributed by atoms with E-state index in [4.69, 9.17) is 4.74 Å². The summed E-state index contributed by atoms with van der Waals surface area (Å²) in [6.45, 7) is 10.7. The molecule has 0 saturated carbocycles. The van der Waals surface area contributed by atoms with Crippen LogP contribution in [0.5, 0.6) is 5.75 Å². The first-order chi connectivity index (χ1) is 9.08. The molecule has 0 bridgehead atoms. The molecule has 0 aliphatic rings. The molecule has 1 aromatic carbocycles. The number of nitrogens with zero attached hydrogens (tertiary/aromatic N) is 1. The van der Waals surface area contributed by atoms with Gasteiger partial charge in [-0.05, 0) is 50.6 Å². The minimum absolute atomic E-state index is 1.02. The van der Waals surface area contributed by atoms with Crippen LogP contribution in [0.25, 0.3) is 0 Å². The fourth-order valence-corrected chi connectivity index (χ4v) is 2.38. The fourth-order valence-electron chi connectivity index (χ4n) is 2.38. The Balaban J connectivity index is 2.49. The molecular weight excluding hydrogens is 236 g/mol. The molecule has 0 aromatic heterocycles. The highest BCUT2D eigenvalue weighted by Crippen LogP contribution is 2.24. The van der Waals surface area contributed by atoms with Crippen LogP contribution in [-0.4, -0.2) is 45.2 Å². The maximum absolute atomic E-state index is 5.40. The van der Waals surface area contributed by atoms with Crippen LogP contribution >= 0.6 is 0 Å². The Labute approximate surface area is 118 Å². The maximum atomic E-state index is 5.40. The standard InChI is InChI=1S/C16H28N2O/c1-6-17-8-10-18(4)9-7-15-11-13(2)16(19-5)14(3)12-15/h11-12,17H,6-10H2,1-5H3. The average Bonchev–Trinajstić information content (AvgIpc) is 2.36. The largest absolute Gasteiger partial charge is 0.496 e. The Kier molecular flexibility index (Phi) is 6.89. The molecule has 108 valence electrons. The van der Waals surface area contributed by atoms with Crippen molar-refractivity contribution in [1.82, 2.24) is 10.2 Å². The number of nitrogens with one attached hydrogen (secondary N) is 1. The molecule has 0 fully saturated rings. The van der Waals surface area contributed by atoms with E-state index in [1.807, 2.05) is 0 Å². The number of hydrogen-bond acceptors (Lipinski definition) is 3. The van der Waals surface area contributed by atoms with Crippen LogP contribution in [0.2, 0.25) is 0 Å². The van der Waals surface area contributed by atoms with Gasteiger partial charge < -0.3 is 15.0 Å². The van der Waals surface area contributed by atoms with E-state index < -0.39 is 0 Å². The highest BCUT2D eigenvalue weighted by molar-refractivity contribution is 5.43. The Morgan fingerprint density at radius 3 is 2.32 bits per heavy atom. The van der Waals surface area contributed by atoms with Crippen molar-refractivity contribution in [3.8, 4) is 5.75 Å². The van der Waals surface area contributed by atoms with Crippen LogP contribution in [-0.2, 0) is 6.42 Å². The fraction of sp³-hybridized carbons (Fsp3) is 0.625. The Morgan fingerprint density at radius 2 is 1.79 bits per heavy atom. The summed E-state index contributed by atoms with van der Waals surface area (Å²) < 4.78 is 5.40.